The molecule has 1 heterocycles. The zero-order valence-corrected chi connectivity index (χ0v) is 12.4. The van der Waals surface area contributed by atoms with Crippen molar-refractivity contribution in [1.82, 2.24) is 4.98 Å². The van der Waals surface area contributed by atoms with Crippen LogP contribution in [0.1, 0.15) is 22.8 Å². The first kappa shape index (κ1) is 14.4. The molecule has 0 aliphatic rings. The zero-order valence-electron chi connectivity index (χ0n) is 11.5. The Balaban J connectivity index is 2.65. The molecule has 0 bridgehead atoms. The van der Waals surface area contributed by atoms with Gasteiger partial charge in [-0.05, 0) is 37.6 Å². The number of Topliss-reactive ketones (excluding diaryl/α,β-unsaturated/α-hetero) is 1. The van der Waals surface area contributed by atoms with Crippen LogP contribution in [0.25, 0.3) is 11.3 Å². The van der Waals surface area contributed by atoms with Crippen LogP contribution in [0.3, 0.4) is 0 Å². The highest BCUT2D eigenvalue weighted by molar-refractivity contribution is 7.90. The van der Waals surface area contributed by atoms with Crippen LogP contribution < -0.4 is 0 Å². The molecule has 1 aromatic carbocycles. The Morgan fingerprint density at radius 3 is 2.45 bits per heavy atom. The molecule has 0 fully saturated rings. The van der Waals surface area contributed by atoms with Crippen molar-refractivity contribution >= 4 is 15.6 Å². The minimum Gasteiger partial charge on any atom is -0.295 e. The number of aromatic nitrogens is 1. The molecule has 0 atom stereocenters. The third-order valence-electron chi connectivity index (χ3n) is 3.05. The molecule has 0 radical (unpaired) electrons. The first-order valence-electron chi connectivity index (χ1n) is 6.08. The van der Waals surface area contributed by atoms with Crippen LogP contribution in [0.2, 0.25) is 0 Å². The lowest BCUT2D eigenvalue weighted by atomic mass is 10.0. The largest absolute Gasteiger partial charge is 0.295 e. The third kappa shape index (κ3) is 2.77. The molecule has 0 spiro atoms. The Morgan fingerprint density at radius 1 is 1.20 bits per heavy atom. The summed E-state index contributed by atoms with van der Waals surface area (Å²) in [6.07, 6.45) is 2.71. The summed E-state index contributed by atoms with van der Waals surface area (Å²) in [5.74, 6) is -0.0154. The smallest absolute Gasteiger partial charge is 0.177 e. The van der Waals surface area contributed by atoms with Gasteiger partial charge in [-0.25, -0.2) is 8.42 Å². The first-order chi connectivity index (χ1) is 9.30. The van der Waals surface area contributed by atoms with Crippen LogP contribution in [0.15, 0.2) is 41.4 Å². The van der Waals surface area contributed by atoms with Gasteiger partial charge >= 0.3 is 0 Å². The minimum absolute atomic E-state index is 0.0154. The van der Waals surface area contributed by atoms with Gasteiger partial charge in [0.15, 0.2) is 15.6 Å². The lowest BCUT2D eigenvalue weighted by Gasteiger charge is -2.09. The number of hydrogen-bond donors (Lipinski definition) is 0. The summed E-state index contributed by atoms with van der Waals surface area (Å²) in [4.78, 5) is 15.8. The maximum atomic E-state index is 11.8. The van der Waals surface area contributed by atoms with Crippen molar-refractivity contribution in [2.45, 2.75) is 18.7 Å². The summed E-state index contributed by atoms with van der Waals surface area (Å²) >= 11 is 0. The van der Waals surface area contributed by atoms with Gasteiger partial charge in [0.1, 0.15) is 0 Å². The van der Waals surface area contributed by atoms with E-state index in [0.717, 1.165) is 11.8 Å². The van der Waals surface area contributed by atoms with Crippen LogP contribution >= 0.6 is 0 Å². The molecule has 0 aliphatic carbocycles. The molecule has 0 amide bonds. The molecule has 1 aromatic heterocycles. The van der Waals surface area contributed by atoms with Crippen LogP contribution in [0.4, 0.5) is 0 Å². The van der Waals surface area contributed by atoms with E-state index in [0.29, 0.717) is 16.8 Å². The normalized spacial score (nSPS) is 11.3. The minimum atomic E-state index is -3.35. The molecule has 0 aliphatic heterocycles. The van der Waals surface area contributed by atoms with E-state index in [-0.39, 0.29) is 10.7 Å². The van der Waals surface area contributed by atoms with Gasteiger partial charge in [-0.15, -0.1) is 0 Å². The van der Waals surface area contributed by atoms with E-state index in [1.165, 1.54) is 13.0 Å². The predicted octanol–water partition coefficient (Wildman–Crippen LogP) is 2.66. The summed E-state index contributed by atoms with van der Waals surface area (Å²) in [6, 6.07) is 8.34. The molecule has 104 valence electrons. The Hall–Kier alpha value is -2.01. The summed E-state index contributed by atoms with van der Waals surface area (Å²) in [5, 5.41) is 0. The maximum absolute atomic E-state index is 11.8. The fraction of sp³-hybridized carbons (Fsp3) is 0.200. The highest BCUT2D eigenvalue weighted by atomic mass is 32.2. The second-order valence-corrected chi connectivity index (χ2v) is 6.69. The number of carbonyl (C=O) groups is 1. The van der Waals surface area contributed by atoms with Crippen molar-refractivity contribution in [3.8, 4) is 11.3 Å². The van der Waals surface area contributed by atoms with Crippen LogP contribution in [0.5, 0.6) is 0 Å². The number of benzene rings is 1. The van der Waals surface area contributed by atoms with Gasteiger partial charge in [-0.2, -0.15) is 0 Å². The van der Waals surface area contributed by atoms with Crippen LogP contribution in [-0.4, -0.2) is 25.4 Å². The maximum Gasteiger partial charge on any atom is 0.177 e. The molecule has 0 saturated carbocycles. The van der Waals surface area contributed by atoms with Crippen molar-refractivity contribution in [2.75, 3.05) is 6.26 Å². The fourth-order valence-corrected chi connectivity index (χ4v) is 2.96. The monoisotopic (exact) mass is 289 g/mol. The number of ketones is 1. The Bertz CT molecular complexity index is 779. The molecule has 0 unspecified atom stereocenters. The standard InChI is InChI=1S/C15H15NO3S/c1-10-9-12(6-7-13(10)11(2)17)15-14(20(3,18)19)5-4-8-16-15/h4-9H,1-3H3. The number of sulfone groups is 1. The molecule has 2 rings (SSSR count). The van der Waals surface area contributed by atoms with Crippen LogP contribution in [0, 0.1) is 6.92 Å². The van der Waals surface area contributed by atoms with E-state index in [1.807, 2.05) is 6.92 Å². The van der Waals surface area contributed by atoms with E-state index in [9.17, 15) is 13.2 Å². The topological polar surface area (TPSA) is 64.1 Å². The number of aryl methyl sites for hydroxylation is 1. The molecule has 0 N–H and O–H groups in total. The molecular formula is C15H15NO3S. The van der Waals surface area contributed by atoms with Crippen LogP contribution in [-0.2, 0) is 9.84 Å². The van der Waals surface area contributed by atoms with Gasteiger partial charge in [0.25, 0.3) is 0 Å². The highest BCUT2D eigenvalue weighted by Crippen LogP contribution is 2.26. The highest BCUT2D eigenvalue weighted by Gasteiger charge is 2.16. The summed E-state index contributed by atoms with van der Waals surface area (Å²) in [5.41, 5.74) is 2.53. The molecular weight excluding hydrogens is 274 g/mol. The summed E-state index contributed by atoms with van der Waals surface area (Å²) in [7, 11) is -3.35. The van der Waals surface area contributed by atoms with Gasteiger partial charge in [0, 0.05) is 23.6 Å². The Kier molecular flexibility index (Phi) is 3.72. The van der Waals surface area contributed by atoms with E-state index >= 15 is 0 Å². The lowest BCUT2D eigenvalue weighted by molar-refractivity contribution is 0.101. The molecule has 5 heteroatoms. The van der Waals surface area contributed by atoms with E-state index in [2.05, 4.69) is 4.98 Å². The van der Waals surface area contributed by atoms with Gasteiger partial charge in [0.2, 0.25) is 0 Å². The van der Waals surface area contributed by atoms with Crippen molar-refractivity contribution in [2.24, 2.45) is 0 Å². The van der Waals surface area contributed by atoms with Gasteiger partial charge in [-0.3, -0.25) is 9.78 Å². The van der Waals surface area contributed by atoms with Gasteiger partial charge in [0.05, 0.1) is 10.6 Å². The van der Waals surface area contributed by atoms with Crippen molar-refractivity contribution in [3.63, 3.8) is 0 Å². The number of hydrogen-bond acceptors (Lipinski definition) is 4. The average Bonchev–Trinajstić information content (AvgIpc) is 2.37. The summed E-state index contributed by atoms with van der Waals surface area (Å²) in [6.45, 7) is 3.33. The SMILES string of the molecule is CC(=O)c1ccc(-c2ncccc2S(C)(=O)=O)cc1C. The molecule has 2 aromatic rings. The van der Waals surface area contributed by atoms with E-state index in [1.54, 1.807) is 30.5 Å². The second kappa shape index (κ2) is 5.17. The number of nitrogens with zero attached hydrogens (tertiary/aromatic N) is 1. The van der Waals surface area contributed by atoms with E-state index < -0.39 is 9.84 Å². The number of carbonyl (C=O) groups excluding carboxylic acids is 1. The quantitative estimate of drug-likeness (QED) is 0.815. The molecule has 0 saturated heterocycles. The zero-order chi connectivity index (χ0) is 14.9. The summed E-state index contributed by atoms with van der Waals surface area (Å²) < 4.78 is 23.6. The molecule has 20 heavy (non-hydrogen) atoms. The van der Waals surface area contributed by atoms with Gasteiger partial charge < -0.3 is 0 Å². The number of rotatable bonds is 3. The van der Waals surface area contributed by atoms with Crippen molar-refractivity contribution < 1.29 is 13.2 Å². The van der Waals surface area contributed by atoms with Gasteiger partial charge in [-0.1, -0.05) is 12.1 Å². The van der Waals surface area contributed by atoms with E-state index in [4.69, 9.17) is 0 Å². The Labute approximate surface area is 118 Å². The number of pyridine rings is 1. The fourth-order valence-electron chi connectivity index (χ4n) is 2.11. The van der Waals surface area contributed by atoms with Crippen molar-refractivity contribution in [1.29, 1.82) is 0 Å². The van der Waals surface area contributed by atoms with Crippen molar-refractivity contribution in [3.05, 3.63) is 47.7 Å². The Morgan fingerprint density at radius 2 is 1.90 bits per heavy atom. The first-order valence-corrected chi connectivity index (χ1v) is 7.97. The third-order valence-corrected chi connectivity index (χ3v) is 4.18. The lowest BCUT2D eigenvalue weighted by Crippen LogP contribution is -2.02. The second-order valence-electron chi connectivity index (χ2n) is 4.71. The predicted molar refractivity (Wildman–Crippen MR) is 77.5 cm³/mol. The molecule has 4 nitrogen and oxygen atoms in total. The average molecular weight is 289 g/mol.